The van der Waals surface area contributed by atoms with Crippen molar-refractivity contribution in [2.75, 3.05) is 18.9 Å². The first-order chi connectivity index (χ1) is 9.20. The van der Waals surface area contributed by atoms with Gasteiger partial charge in [0.25, 0.3) is 5.91 Å². The van der Waals surface area contributed by atoms with Crippen molar-refractivity contribution in [2.24, 2.45) is 5.92 Å². The number of carbonyl (C=O) groups is 1. The van der Waals surface area contributed by atoms with Crippen LogP contribution >= 0.6 is 0 Å². The van der Waals surface area contributed by atoms with E-state index in [1.807, 2.05) is 32.2 Å². The van der Waals surface area contributed by atoms with E-state index >= 15 is 0 Å². The standard InChI is InChI=1S/C16H24N2O/c1-12-10-14(17-2)8-9-15(12)16(19)18-11-13-6-4-3-5-7-13/h8-10,13,17H,3-7,11H2,1-2H3,(H,18,19). The van der Waals surface area contributed by atoms with Crippen LogP contribution in [-0.2, 0) is 0 Å². The number of rotatable bonds is 4. The molecule has 0 spiro atoms. The molecule has 1 aromatic carbocycles. The van der Waals surface area contributed by atoms with Crippen LogP contribution in [0.5, 0.6) is 0 Å². The first-order valence-corrected chi connectivity index (χ1v) is 7.27. The van der Waals surface area contributed by atoms with Gasteiger partial charge in [0.15, 0.2) is 0 Å². The molecule has 0 aliphatic heterocycles. The number of benzene rings is 1. The maximum Gasteiger partial charge on any atom is 0.251 e. The summed E-state index contributed by atoms with van der Waals surface area (Å²) in [5.74, 6) is 0.736. The van der Waals surface area contributed by atoms with E-state index in [4.69, 9.17) is 0 Å². The van der Waals surface area contributed by atoms with Crippen molar-refractivity contribution in [2.45, 2.75) is 39.0 Å². The van der Waals surface area contributed by atoms with E-state index in [9.17, 15) is 4.79 Å². The monoisotopic (exact) mass is 260 g/mol. The molecule has 0 heterocycles. The Hall–Kier alpha value is -1.51. The second-order valence-electron chi connectivity index (χ2n) is 5.49. The summed E-state index contributed by atoms with van der Waals surface area (Å²) in [4.78, 5) is 12.2. The lowest BCUT2D eigenvalue weighted by Crippen LogP contribution is -2.30. The van der Waals surface area contributed by atoms with Gasteiger partial charge in [-0.25, -0.2) is 0 Å². The molecule has 1 saturated carbocycles. The summed E-state index contributed by atoms with van der Waals surface area (Å²) < 4.78 is 0. The molecule has 3 nitrogen and oxygen atoms in total. The maximum atomic E-state index is 12.2. The van der Waals surface area contributed by atoms with Gasteiger partial charge in [0, 0.05) is 24.8 Å². The third-order valence-electron chi connectivity index (χ3n) is 4.04. The third-order valence-corrected chi connectivity index (χ3v) is 4.04. The molecule has 1 aromatic rings. The van der Waals surface area contributed by atoms with Gasteiger partial charge in [-0.15, -0.1) is 0 Å². The Balaban J connectivity index is 1.92. The van der Waals surface area contributed by atoms with Crippen LogP contribution in [0.1, 0.15) is 48.0 Å². The van der Waals surface area contributed by atoms with Crippen LogP contribution in [-0.4, -0.2) is 19.5 Å². The average Bonchev–Trinajstić information content (AvgIpc) is 2.45. The van der Waals surface area contributed by atoms with E-state index in [0.29, 0.717) is 5.92 Å². The van der Waals surface area contributed by atoms with Crippen molar-refractivity contribution in [1.82, 2.24) is 5.32 Å². The lowest BCUT2D eigenvalue weighted by molar-refractivity contribution is 0.0943. The molecule has 0 saturated heterocycles. The van der Waals surface area contributed by atoms with Crippen LogP contribution in [0.4, 0.5) is 5.69 Å². The van der Waals surface area contributed by atoms with Crippen molar-refractivity contribution in [1.29, 1.82) is 0 Å². The minimum atomic E-state index is 0.0609. The summed E-state index contributed by atoms with van der Waals surface area (Å²) in [5.41, 5.74) is 2.85. The number of aryl methyl sites for hydroxylation is 1. The smallest absolute Gasteiger partial charge is 0.251 e. The quantitative estimate of drug-likeness (QED) is 0.871. The van der Waals surface area contributed by atoms with Crippen molar-refractivity contribution < 1.29 is 4.79 Å². The molecule has 0 bridgehead atoms. The zero-order chi connectivity index (χ0) is 13.7. The Morgan fingerprint density at radius 2 is 2.00 bits per heavy atom. The fraction of sp³-hybridized carbons (Fsp3) is 0.562. The fourth-order valence-electron chi connectivity index (χ4n) is 2.80. The number of anilines is 1. The summed E-state index contributed by atoms with van der Waals surface area (Å²) in [6, 6.07) is 5.86. The van der Waals surface area contributed by atoms with Crippen molar-refractivity contribution in [3.63, 3.8) is 0 Å². The highest BCUT2D eigenvalue weighted by atomic mass is 16.1. The molecule has 0 aromatic heterocycles. The van der Waals surface area contributed by atoms with Gasteiger partial charge < -0.3 is 10.6 Å². The highest BCUT2D eigenvalue weighted by Gasteiger charge is 2.15. The summed E-state index contributed by atoms with van der Waals surface area (Å²) >= 11 is 0. The van der Waals surface area contributed by atoms with E-state index in [-0.39, 0.29) is 5.91 Å². The Kier molecular flexibility index (Phi) is 4.83. The molecule has 0 unspecified atom stereocenters. The molecule has 1 fully saturated rings. The molecule has 0 atom stereocenters. The minimum absolute atomic E-state index is 0.0609. The molecular formula is C16H24N2O. The van der Waals surface area contributed by atoms with Gasteiger partial charge in [-0.05, 0) is 49.4 Å². The fourth-order valence-corrected chi connectivity index (χ4v) is 2.80. The number of amides is 1. The zero-order valence-corrected chi connectivity index (χ0v) is 12.0. The summed E-state index contributed by atoms with van der Waals surface area (Å²) in [6.07, 6.45) is 6.51. The SMILES string of the molecule is CNc1ccc(C(=O)NCC2CCCCC2)c(C)c1. The van der Waals surface area contributed by atoms with Gasteiger partial charge in [-0.1, -0.05) is 19.3 Å². The van der Waals surface area contributed by atoms with E-state index in [2.05, 4.69) is 10.6 Å². The predicted molar refractivity (Wildman–Crippen MR) is 79.6 cm³/mol. The number of carbonyl (C=O) groups excluding carboxylic acids is 1. The number of hydrogen-bond acceptors (Lipinski definition) is 2. The molecule has 1 amide bonds. The molecule has 2 N–H and O–H groups in total. The van der Waals surface area contributed by atoms with Gasteiger partial charge in [0.2, 0.25) is 0 Å². The van der Waals surface area contributed by atoms with Crippen LogP contribution in [0.25, 0.3) is 0 Å². The first-order valence-electron chi connectivity index (χ1n) is 7.27. The van der Waals surface area contributed by atoms with Crippen LogP contribution in [0, 0.1) is 12.8 Å². The Bertz CT molecular complexity index is 436. The van der Waals surface area contributed by atoms with Gasteiger partial charge >= 0.3 is 0 Å². The summed E-state index contributed by atoms with van der Waals surface area (Å²) in [7, 11) is 1.89. The highest BCUT2D eigenvalue weighted by molar-refractivity contribution is 5.96. The molecule has 19 heavy (non-hydrogen) atoms. The Labute approximate surface area is 115 Å². The van der Waals surface area contributed by atoms with E-state index in [1.54, 1.807) is 0 Å². The second kappa shape index (κ2) is 6.60. The zero-order valence-electron chi connectivity index (χ0n) is 12.0. The number of nitrogens with one attached hydrogen (secondary N) is 2. The normalized spacial score (nSPS) is 16.1. The van der Waals surface area contributed by atoms with Gasteiger partial charge in [0.1, 0.15) is 0 Å². The van der Waals surface area contributed by atoms with Crippen molar-refractivity contribution >= 4 is 11.6 Å². The molecular weight excluding hydrogens is 236 g/mol. The van der Waals surface area contributed by atoms with Crippen LogP contribution in [0.2, 0.25) is 0 Å². The van der Waals surface area contributed by atoms with E-state index in [1.165, 1.54) is 32.1 Å². The van der Waals surface area contributed by atoms with Crippen LogP contribution in [0.15, 0.2) is 18.2 Å². The largest absolute Gasteiger partial charge is 0.388 e. The molecule has 1 aliphatic rings. The van der Waals surface area contributed by atoms with Crippen LogP contribution < -0.4 is 10.6 Å². The van der Waals surface area contributed by atoms with Gasteiger partial charge in [0.05, 0.1) is 0 Å². The van der Waals surface area contributed by atoms with Gasteiger partial charge in [-0.3, -0.25) is 4.79 Å². The maximum absolute atomic E-state index is 12.2. The molecule has 3 heteroatoms. The van der Waals surface area contributed by atoms with Gasteiger partial charge in [-0.2, -0.15) is 0 Å². The minimum Gasteiger partial charge on any atom is -0.388 e. The summed E-state index contributed by atoms with van der Waals surface area (Å²) in [6.45, 7) is 2.81. The van der Waals surface area contributed by atoms with E-state index < -0.39 is 0 Å². The Morgan fingerprint density at radius 3 is 2.63 bits per heavy atom. The third kappa shape index (κ3) is 3.72. The van der Waals surface area contributed by atoms with E-state index in [0.717, 1.165) is 23.4 Å². The lowest BCUT2D eigenvalue weighted by atomic mass is 9.89. The number of hydrogen-bond donors (Lipinski definition) is 2. The predicted octanol–water partition coefficient (Wildman–Crippen LogP) is 3.35. The Morgan fingerprint density at radius 1 is 1.26 bits per heavy atom. The second-order valence-corrected chi connectivity index (χ2v) is 5.49. The molecule has 1 aliphatic carbocycles. The lowest BCUT2D eigenvalue weighted by Gasteiger charge is -2.22. The summed E-state index contributed by atoms with van der Waals surface area (Å²) in [5, 5.41) is 6.17. The molecule has 104 valence electrons. The molecule has 2 rings (SSSR count). The van der Waals surface area contributed by atoms with Crippen molar-refractivity contribution in [3.05, 3.63) is 29.3 Å². The van der Waals surface area contributed by atoms with Crippen molar-refractivity contribution in [3.8, 4) is 0 Å². The average molecular weight is 260 g/mol. The topological polar surface area (TPSA) is 41.1 Å². The van der Waals surface area contributed by atoms with Crippen LogP contribution in [0.3, 0.4) is 0 Å². The highest BCUT2D eigenvalue weighted by Crippen LogP contribution is 2.23. The molecule has 0 radical (unpaired) electrons. The first kappa shape index (κ1) is 13.9.